The maximum Gasteiger partial charge on any atom is 0.191 e. The summed E-state index contributed by atoms with van der Waals surface area (Å²) in [7, 11) is -2.80. The van der Waals surface area contributed by atoms with Gasteiger partial charge in [-0.15, -0.1) is 24.0 Å². The van der Waals surface area contributed by atoms with Crippen LogP contribution >= 0.6 is 24.0 Å². The highest BCUT2D eigenvalue weighted by molar-refractivity contribution is 14.0. The van der Waals surface area contributed by atoms with Crippen molar-refractivity contribution in [1.29, 1.82) is 0 Å². The van der Waals surface area contributed by atoms with Crippen LogP contribution in [0.2, 0.25) is 0 Å². The molecule has 0 radical (unpaired) electrons. The van der Waals surface area contributed by atoms with E-state index in [1.807, 2.05) is 0 Å². The molecular weight excluding hydrogens is 451 g/mol. The number of rotatable bonds is 10. The normalized spacial score (nSPS) is 19.1. The van der Waals surface area contributed by atoms with Gasteiger partial charge in [0, 0.05) is 32.2 Å². The molecule has 0 aromatic rings. The second-order valence-corrected chi connectivity index (χ2v) is 8.95. The van der Waals surface area contributed by atoms with Gasteiger partial charge in [-0.05, 0) is 20.3 Å². The molecule has 0 aromatic heterocycles. The molecule has 0 bridgehead atoms. The van der Waals surface area contributed by atoms with E-state index < -0.39 is 9.84 Å². The van der Waals surface area contributed by atoms with Crippen LogP contribution < -0.4 is 10.6 Å². The standard InChI is InChI=1S/C17H36N4O2S.HI/c1-4-6-7-8-9-16(3)20-17(18-5-2)19-10-11-21-12-14-24(22,23)15-13-21;/h16H,4-15H2,1-3H3,(H2,18,19,20);1H. The number of unbranched alkanes of at least 4 members (excludes halogenated alkanes) is 3. The van der Waals surface area contributed by atoms with Crippen molar-refractivity contribution in [2.75, 3.05) is 44.2 Å². The number of aliphatic imine (C=N–C) groups is 1. The van der Waals surface area contributed by atoms with Crippen LogP contribution in [-0.2, 0) is 9.84 Å². The van der Waals surface area contributed by atoms with Gasteiger partial charge in [-0.2, -0.15) is 0 Å². The van der Waals surface area contributed by atoms with Crippen LogP contribution in [0.4, 0.5) is 0 Å². The van der Waals surface area contributed by atoms with Crippen molar-refractivity contribution in [2.24, 2.45) is 4.99 Å². The molecule has 1 rings (SSSR count). The van der Waals surface area contributed by atoms with Crippen molar-refractivity contribution in [3.8, 4) is 0 Å². The lowest BCUT2D eigenvalue weighted by molar-refractivity contribution is 0.304. The summed E-state index contributed by atoms with van der Waals surface area (Å²) in [6.07, 6.45) is 6.29. The van der Waals surface area contributed by atoms with Crippen molar-refractivity contribution in [3.63, 3.8) is 0 Å². The maximum absolute atomic E-state index is 11.4. The van der Waals surface area contributed by atoms with Gasteiger partial charge in [-0.1, -0.05) is 32.6 Å². The molecule has 8 heteroatoms. The van der Waals surface area contributed by atoms with Gasteiger partial charge in [0.15, 0.2) is 15.8 Å². The Balaban J connectivity index is 0.00000576. The third-order valence-electron chi connectivity index (χ3n) is 4.34. The quantitative estimate of drug-likeness (QED) is 0.214. The number of hydrogen-bond donors (Lipinski definition) is 2. The van der Waals surface area contributed by atoms with E-state index in [9.17, 15) is 8.42 Å². The van der Waals surface area contributed by atoms with Gasteiger partial charge in [-0.3, -0.25) is 9.89 Å². The van der Waals surface area contributed by atoms with E-state index in [1.165, 1.54) is 25.7 Å². The van der Waals surface area contributed by atoms with Gasteiger partial charge in [-0.25, -0.2) is 8.42 Å². The molecule has 0 saturated carbocycles. The van der Waals surface area contributed by atoms with Crippen LogP contribution in [0.3, 0.4) is 0 Å². The lowest BCUT2D eigenvalue weighted by Gasteiger charge is -2.26. The van der Waals surface area contributed by atoms with Gasteiger partial charge in [0.05, 0.1) is 18.1 Å². The number of nitrogens with zero attached hydrogens (tertiary/aromatic N) is 2. The Bertz CT molecular complexity index is 457. The van der Waals surface area contributed by atoms with E-state index in [1.54, 1.807) is 0 Å². The average Bonchev–Trinajstić information content (AvgIpc) is 2.53. The predicted molar refractivity (Wildman–Crippen MR) is 118 cm³/mol. The SMILES string of the molecule is CCCCCCC(C)NC(=NCCN1CCS(=O)(=O)CC1)NCC.I. The molecule has 6 nitrogen and oxygen atoms in total. The fourth-order valence-electron chi connectivity index (χ4n) is 2.78. The monoisotopic (exact) mass is 488 g/mol. The lowest BCUT2D eigenvalue weighted by atomic mass is 10.1. The van der Waals surface area contributed by atoms with Crippen LogP contribution in [0.25, 0.3) is 0 Å². The fraction of sp³-hybridized carbons (Fsp3) is 0.941. The molecule has 0 spiro atoms. The topological polar surface area (TPSA) is 73.8 Å². The number of hydrogen-bond acceptors (Lipinski definition) is 4. The first-order valence-electron chi connectivity index (χ1n) is 9.44. The van der Waals surface area contributed by atoms with Gasteiger partial charge >= 0.3 is 0 Å². The van der Waals surface area contributed by atoms with E-state index in [0.717, 1.165) is 25.5 Å². The highest BCUT2D eigenvalue weighted by atomic mass is 127. The van der Waals surface area contributed by atoms with Crippen LogP contribution in [0, 0.1) is 0 Å². The zero-order chi connectivity index (χ0) is 17.8. The third-order valence-corrected chi connectivity index (χ3v) is 5.95. The van der Waals surface area contributed by atoms with Crippen molar-refractivity contribution in [1.82, 2.24) is 15.5 Å². The molecule has 1 aliphatic heterocycles. The molecule has 1 fully saturated rings. The van der Waals surface area contributed by atoms with Gasteiger partial charge in [0.25, 0.3) is 0 Å². The number of halogens is 1. The number of guanidine groups is 1. The first kappa shape index (κ1) is 24.9. The molecule has 2 N–H and O–H groups in total. The highest BCUT2D eigenvalue weighted by Gasteiger charge is 2.20. The zero-order valence-electron chi connectivity index (χ0n) is 16.1. The molecule has 0 aromatic carbocycles. The summed E-state index contributed by atoms with van der Waals surface area (Å²) in [6, 6.07) is 0.416. The Morgan fingerprint density at radius 1 is 1.16 bits per heavy atom. The smallest absolute Gasteiger partial charge is 0.191 e. The summed E-state index contributed by atoms with van der Waals surface area (Å²) in [4.78, 5) is 6.81. The van der Waals surface area contributed by atoms with Crippen LogP contribution in [-0.4, -0.2) is 69.5 Å². The fourth-order valence-corrected chi connectivity index (χ4v) is 4.06. The van der Waals surface area contributed by atoms with Crippen LogP contribution in [0.15, 0.2) is 4.99 Å². The van der Waals surface area contributed by atoms with E-state index >= 15 is 0 Å². The highest BCUT2D eigenvalue weighted by Crippen LogP contribution is 2.05. The molecule has 1 saturated heterocycles. The Morgan fingerprint density at radius 3 is 2.44 bits per heavy atom. The molecule has 0 amide bonds. The molecule has 0 aliphatic carbocycles. The average molecular weight is 488 g/mol. The second kappa shape index (κ2) is 14.0. The van der Waals surface area contributed by atoms with Crippen molar-refractivity contribution in [2.45, 2.75) is 58.9 Å². The summed E-state index contributed by atoms with van der Waals surface area (Å²) in [5, 5.41) is 6.76. The third kappa shape index (κ3) is 12.0. The first-order valence-corrected chi connectivity index (χ1v) is 11.3. The zero-order valence-corrected chi connectivity index (χ0v) is 19.2. The Hall–Kier alpha value is -0.0900. The van der Waals surface area contributed by atoms with Crippen molar-refractivity contribution < 1.29 is 8.42 Å². The summed E-state index contributed by atoms with van der Waals surface area (Å²) >= 11 is 0. The van der Waals surface area contributed by atoms with E-state index in [4.69, 9.17) is 0 Å². The second-order valence-electron chi connectivity index (χ2n) is 6.65. The Kier molecular flexibility index (Phi) is 14.0. The van der Waals surface area contributed by atoms with E-state index in [0.29, 0.717) is 25.7 Å². The molecule has 1 atom stereocenters. The molecule has 1 heterocycles. The van der Waals surface area contributed by atoms with Gasteiger partial charge < -0.3 is 10.6 Å². The van der Waals surface area contributed by atoms with Crippen molar-refractivity contribution >= 4 is 39.8 Å². The van der Waals surface area contributed by atoms with Gasteiger partial charge in [0.2, 0.25) is 0 Å². The molecule has 1 unspecified atom stereocenters. The number of nitrogens with one attached hydrogen (secondary N) is 2. The minimum atomic E-state index is -2.80. The summed E-state index contributed by atoms with van der Waals surface area (Å²) in [5.41, 5.74) is 0. The summed E-state index contributed by atoms with van der Waals surface area (Å²) in [5.74, 6) is 1.43. The van der Waals surface area contributed by atoms with E-state index in [-0.39, 0.29) is 35.5 Å². The van der Waals surface area contributed by atoms with E-state index in [2.05, 4.69) is 41.3 Å². The minimum Gasteiger partial charge on any atom is -0.357 e. The lowest BCUT2D eigenvalue weighted by Crippen LogP contribution is -2.44. The summed E-state index contributed by atoms with van der Waals surface area (Å²) in [6.45, 7) is 10.1. The first-order chi connectivity index (χ1) is 11.5. The largest absolute Gasteiger partial charge is 0.357 e. The number of sulfone groups is 1. The maximum atomic E-state index is 11.4. The molecule has 150 valence electrons. The van der Waals surface area contributed by atoms with Gasteiger partial charge in [0.1, 0.15) is 0 Å². The summed E-state index contributed by atoms with van der Waals surface area (Å²) < 4.78 is 22.9. The Morgan fingerprint density at radius 2 is 1.84 bits per heavy atom. The van der Waals surface area contributed by atoms with Crippen molar-refractivity contribution in [3.05, 3.63) is 0 Å². The Labute approximate surface area is 171 Å². The van der Waals surface area contributed by atoms with Crippen LogP contribution in [0.5, 0.6) is 0 Å². The molecular formula is C17H37IN4O2S. The van der Waals surface area contributed by atoms with Crippen LogP contribution in [0.1, 0.15) is 52.9 Å². The molecule has 25 heavy (non-hydrogen) atoms. The predicted octanol–water partition coefficient (Wildman–Crippen LogP) is 2.25. The minimum absolute atomic E-state index is 0. The molecule has 1 aliphatic rings.